The normalized spacial score (nSPS) is 48.5. The summed E-state index contributed by atoms with van der Waals surface area (Å²) in [5, 5.41) is 0. The average molecular weight is 152 g/mol. The van der Waals surface area contributed by atoms with Gasteiger partial charge in [-0.2, -0.15) is 0 Å². The molecule has 0 aromatic heterocycles. The van der Waals surface area contributed by atoms with E-state index in [-0.39, 0.29) is 0 Å². The number of hydrogen-bond donors (Lipinski definition) is 0. The van der Waals surface area contributed by atoms with E-state index in [0.29, 0.717) is 0 Å². The lowest BCUT2D eigenvalue weighted by Gasteiger charge is -2.61. The van der Waals surface area contributed by atoms with Crippen molar-refractivity contribution < 1.29 is 0 Å². The van der Waals surface area contributed by atoms with Crippen LogP contribution in [0.2, 0.25) is 0 Å². The van der Waals surface area contributed by atoms with Crippen molar-refractivity contribution in [3.63, 3.8) is 0 Å². The Morgan fingerprint density at radius 2 is 1.45 bits per heavy atom. The fourth-order valence-corrected chi connectivity index (χ4v) is 3.53. The quantitative estimate of drug-likeness (QED) is 0.567. The van der Waals surface area contributed by atoms with E-state index in [2.05, 4.69) is 13.8 Å². The summed E-state index contributed by atoms with van der Waals surface area (Å²) < 4.78 is 0. The summed E-state index contributed by atoms with van der Waals surface area (Å²) in [4.78, 5) is 0. The highest BCUT2D eigenvalue weighted by Gasteiger charge is 2.55. The molecule has 2 unspecified atom stereocenters. The van der Waals surface area contributed by atoms with Gasteiger partial charge in [-0.15, -0.1) is 0 Å². The molecule has 0 heterocycles. The second kappa shape index (κ2) is 2.50. The molecule has 64 valence electrons. The molecule has 0 radical (unpaired) electrons. The van der Waals surface area contributed by atoms with E-state index in [1.165, 1.54) is 25.7 Å². The van der Waals surface area contributed by atoms with E-state index in [4.69, 9.17) is 0 Å². The molecule has 0 N–H and O–H groups in total. The third-order valence-electron chi connectivity index (χ3n) is 4.53. The van der Waals surface area contributed by atoms with Crippen LogP contribution >= 0.6 is 0 Å². The standard InChI is InChI=1S/C11H20/c1-3-9-5-7-11(9)8-6-10(11)4-2/h9-10H,3-8H2,1-2H3. The third kappa shape index (κ3) is 0.816. The SMILES string of the molecule is CCC1CCC12CCC2CC. The van der Waals surface area contributed by atoms with Gasteiger partial charge in [0.05, 0.1) is 0 Å². The van der Waals surface area contributed by atoms with Gasteiger partial charge in [0, 0.05) is 0 Å². The summed E-state index contributed by atoms with van der Waals surface area (Å²) in [5.41, 5.74) is 0.878. The molecule has 0 heteroatoms. The van der Waals surface area contributed by atoms with Crippen LogP contribution in [0.5, 0.6) is 0 Å². The Labute approximate surface area is 70.4 Å². The van der Waals surface area contributed by atoms with E-state index < -0.39 is 0 Å². The predicted molar refractivity (Wildman–Crippen MR) is 48.5 cm³/mol. The first-order chi connectivity index (χ1) is 5.33. The molecule has 2 rings (SSSR count). The summed E-state index contributed by atoms with van der Waals surface area (Å²) in [6.07, 6.45) is 9.07. The maximum atomic E-state index is 2.37. The maximum absolute atomic E-state index is 2.37. The predicted octanol–water partition coefficient (Wildman–Crippen LogP) is 3.61. The van der Waals surface area contributed by atoms with Gasteiger partial charge >= 0.3 is 0 Å². The van der Waals surface area contributed by atoms with E-state index in [1.54, 1.807) is 12.8 Å². The first-order valence-electron chi connectivity index (χ1n) is 5.33. The van der Waals surface area contributed by atoms with Crippen LogP contribution in [-0.4, -0.2) is 0 Å². The monoisotopic (exact) mass is 152 g/mol. The molecule has 0 aromatic carbocycles. The van der Waals surface area contributed by atoms with E-state index in [9.17, 15) is 0 Å². The molecule has 0 aliphatic heterocycles. The van der Waals surface area contributed by atoms with Gasteiger partial charge in [0.2, 0.25) is 0 Å². The molecule has 0 aromatic rings. The highest BCUT2D eigenvalue weighted by molar-refractivity contribution is 5.05. The summed E-state index contributed by atoms with van der Waals surface area (Å²) >= 11 is 0. The van der Waals surface area contributed by atoms with Gasteiger partial charge < -0.3 is 0 Å². The van der Waals surface area contributed by atoms with Crippen molar-refractivity contribution in [1.82, 2.24) is 0 Å². The van der Waals surface area contributed by atoms with E-state index >= 15 is 0 Å². The maximum Gasteiger partial charge on any atom is -0.0241 e. The molecule has 11 heavy (non-hydrogen) atoms. The van der Waals surface area contributed by atoms with Crippen LogP contribution < -0.4 is 0 Å². The van der Waals surface area contributed by atoms with Crippen molar-refractivity contribution >= 4 is 0 Å². The minimum absolute atomic E-state index is 0.878. The largest absolute Gasteiger partial charge is 0.0651 e. The van der Waals surface area contributed by atoms with Crippen LogP contribution in [0.1, 0.15) is 52.4 Å². The summed E-state index contributed by atoms with van der Waals surface area (Å²) in [6.45, 7) is 4.74. The summed E-state index contributed by atoms with van der Waals surface area (Å²) in [5.74, 6) is 2.22. The Kier molecular flexibility index (Phi) is 1.74. The van der Waals surface area contributed by atoms with Crippen LogP contribution in [0.15, 0.2) is 0 Å². The van der Waals surface area contributed by atoms with Crippen molar-refractivity contribution in [2.24, 2.45) is 17.3 Å². The molecule has 0 nitrogen and oxygen atoms in total. The zero-order chi connectivity index (χ0) is 7.90. The number of hydrogen-bond acceptors (Lipinski definition) is 0. The van der Waals surface area contributed by atoms with Gasteiger partial charge in [0.25, 0.3) is 0 Å². The van der Waals surface area contributed by atoms with Crippen LogP contribution in [0, 0.1) is 17.3 Å². The molecule has 0 amide bonds. The lowest BCUT2D eigenvalue weighted by atomic mass is 9.43. The smallest absolute Gasteiger partial charge is 0.0241 e. The second-order valence-electron chi connectivity index (χ2n) is 4.52. The molecule has 2 fully saturated rings. The molecule has 0 saturated heterocycles. The lowest BCUT2D eigenvalue weighted by Crippen LogP contribution is -2.52. The van der Waals surface area contributed by atoms with Crippen molar-refractivity contribution in [1.29, 1.82) is 0 Å². The van der Waals surface area contributed by atoms with Crippen LogP contribution in [0.4, 0.5) is 0 Å². The van der Waals surface area contributed by atoms with Crippen molar-refractivity contribution in [2.75, 3.05) is 0 Å². The van der Waals surface area contributed by atoms with Gasteiger partial charge in [-0.1, -0.05) is 26.7 Å². The van der Waals surface area contributed by atoms with Crippen LogP contribution in [0.3, 0.4) is 0 Å². The molecular weight excluding hydrogens is 132 g/mol. The number of rotatable bonds is 2. The summed E-state index contributed by atoms with van der Waals surface area (Å²) in [6, 6.07) is 0. The van der Waals surface area contributed by atoms with Crippen molar-refractivity contribution in [2.45, 2.75) is 52.4 Å². The van der Waals surface area contributed by atoms with Gasteiger partial charge in [-0.25, -0.2) is 0 Å². The minimum atomic E-state index is 0.878. The van der Waals surface area contributed by atoms with Gasteiger partial charge in [0.15, 0.2) is 0 Å². The average Bonchev–Trinajstić information content (AvgIpc) is 1.85. The molecule has 2 aliphatic rings. The first-order valence-corrected chi connectivity index (χ1v) is 5.33. The van der Waals surface area contributed by atoms with E-state index in [0.717, 1.165) is 17.3 Å². The van der Waals surface area contributed by atoms with Gasteiger partial charge in [-0.3, -0.25) is 0 Å². The van der Waals surface area contributed by atoms with Gasteiger partial charge in [0.1, 0.15) is 0 Å². The summed E-state index contributed by atoms with van der Waals surface area (Å²) in [7, 11) is 0. The molecule has 2 saturated carbocycles. The van der Waals surface area contributed by atoms with Crippen molar-refractivity contribution in [3.8, 4) is 0 Å². The Morgan fingerprint density at radius 3 is 1.64 bits per heavy atom. The zero-order valence-corrected chi connectivity index (χ0v) is 7.90. The van der Waals surface area contributed by atoms with E-state index in [1.807, 2.05) is 0 Å². The molecule has 0 bridgehead atoms. The fourth-order valence-electron chi connectivity index (χ4n) is 3.53. The fraction of sp³-hybridized carbons (Fsp3) is 1.00. The highest BCUT2D eigenvalue weighted by Crippen LogP contribution is 2.64. The lowest BCUT2D eigenvalue weighted by molar-refractivity contribution is -0.115. The molecule has 2 aliphatic carbocycles. The third-order valence-corrected chi connectivity index (χ3v) is 4.53. The molecule has 2 atom stereocenters. The highest BCUT2D eigenvalue weighted by atomic mass is 14.6. The zero-order valence-electron chi connectivity index (χ0n) is 7.90. The van der Waals surface area contributed by atoms with Crippen molar-refractivity contribution in [3.05, 3.63) is 0 Å². The topological polar surface area (TPSA) is 0 Å². The minimum Gasteiger partial charge on any atom is -0.0651 e. The first kappa shape index (κ1) is 7.64. The Morgan fingerprint density at radius 1 is 1.00 bits per heavy atom. The second-order valence-corrected chi connectivity index (χ2v) is 4.52. The molecular formula is C11H20. The van der Waals surface area contributed by atoms with Gasteiger partial charge in [-0.05, 0) is 42.9 Å². The van der Waals surface area contributed by atoms with Crippen LogP contribution in [-0.2, 0) is 0 Å². The Bertz CT molecular complexity index is 126. The molecule has 1 spiro atoms. The Balaban J connectivity index is 2.00. The van der Waals surface area contributed by atoms with Crippen LogP contribution in [0.25, 0.3) is 0 Å². The Hall–Kier alpha value is 0.